The zero-order valence-electron chi connectivity index (χ0n) is 23.6. The van der Waals surface area contributed by atoms with Gasteiger partial charge in [0.15, 0.2) is 0 Å². The first-order valence-corrected chi connectivity index (χ1v) is 15.2. The smallest absolute Gasteiger partial charge is 0.264 e. The zero-order chi connectivity index (χ0) is 30.2. The molecule has 3 aromatic rings. The van der Waals surface area contributed by atoms with Crippen LogP contribution in [0.4, 0.5) is 14.5 Å². The fraction of sp³-hybridized carbons (Fsp3) is 0.323. The summed E-state index contributed by atoms with van der Waals surface area (Å²) in [6, 6.07) is 14.1. The van der Waals surface area contributed by atoms with Gasteiger partial charge in [0, 0.05) is 35.8 Å². The van der Waals surface area contributed by atoms with Gasteiger partial charge >= 0.3 is 0 Å². The van der Waals surface area contributed by atoms with E-state index in [0.29, 0.717) is 48.9 Å². The van der Waals surface area contributed by atoms with E-state index in [0.717, 1.165) is 28.1 Å². The van der Waals surface area contributed by atoms with Crippen molar-refractivity contribution in [3.63, 3.8) is 0 Å². The second-order valence-electron chi connectivity index (χ2n) is 9.76. The highest BCUT2D eigenvalue weighted by molar-refractivity contribution is 7.92. The van der Waals surface area contributed by atoms with Crippen molar-refractivity contribution >= 4 is 33.2 Å². The molecule has 0 saturated carbocycles. The summed E-state index contributed by atoms with van der Waals surface area (Å²) in [5.74, 6) is -1.28. The highest BCUT2D eigenvalue weighted by Gasteiger charge is 2.34. The molecule has 0 spiro atoms. The van der Waals surface area contributed by atoms with Crippen LogP contribution in [0.1, 0.15) is 52.1 Å². The van der Waals surface area contributed by atoms with E-state index in [9.17, 15) is 17.6 Å². The molecule has 0 aliphatic heterocycles. The number of ether oxygens (including phenoxy) is 1. The van der Waals surface area contributed by atoms with E-state index >= 15 is 4.39 Å². The van der Waals surface area contributed by atoms with E-state index in [4.69, 9.17) is 16.3 Å². The number of allylic oxidation sites excluding steroid dienone is 1. The van der Waals surface area contributed by atoms with Gasteiger partial charge in [0.25, 0.3) is 10.0 Å². The molecule has 3 aromatic carbocycles. The van der Waals surface area contributed by atoms with Crippen LogP contribution in [0.25, 0.3) is 0 Å². The number of nitrogens with zero attached hydrogens (tertiary/aromatic N) is 2. The molecule has 41 heavy (non-hydrogen) atoms. The van der Waals surface area contributed by atoms with E-state index in [-0.39, 0.29) is 10.8 Å². The van der Waals surface area contributed by atoms with Gasteiger partial charge in [-0.3, -0.25) is 9.10 Å². The van der Waals surface area contributed by atoms with Crippen LogP contribution < -0.4 is 9.04 Å². The quantitative estimate of drug-likeness (QED) is 0.149. The topological polar surface area (TPSA) is 66.9 Å². The van der Waals surface area contributed by atoms with Crippen molar-refractivity contribution in [1.82, 2.24) is 4.90 Å². The molecule has 0 heterocycles. The highest BCUT2D eigenvalue weighted by atomic mass is 35.5. The Hall–Kier alpha value is -3.43. The molecule has 1 unspecified atom stereocenters. The number of sulfonamides is 1. The normalized spacial score (nSPS) is 12.0. The molecule has 0 aliphatic carbocycles. The minimum absolute atomic E-state index is 0.0286. The molecule has 0 N–H and O–H groups in total. The van der Waals surface area contributed by atoms with Crippen molar-refractivity contribution in [2.24, 2.45) is 0 Å². The number of unbranched alkanes of at least 4 members (excludes halogenated alkanes) is 1. The average Bonchev–Trinajstić information content (AvgIpc) is 2.92. The third-order valence-electron chi connectivity index (χ3n) is 6.42. The number of halogens is 3. The molecule has 0 aliphatic rings. The molecule has 1 amide bonds. The summed E-state index contributed by atoms with van der Waals surface area (Å²) in [4.78, 5) is 14.0. The lowest BCUT2D eigenvalue weighted by Gasteiger charge is -2.32. The Morgan fingerprint density at radius 2 is 1.71 bits per heavy atom. The molecule has 0 bridgehead atoms. The Morgan fingerprint density at radius 3 is 2.37 bits per heavy atom. The van der Waals surface area contributed by atoms with E-state index in [1.165, 1.54) is 24.3 Å². The standard InChI is InChI=1S/C31H35ClF2N2O4S/c1-5-35(31(37)20-22(2)3)18-8-9-19-40-30-11-7-6-10-27(30)23(4)36(29-21-25(33)14-17-28(29)34)41(38,39)26-15-12-24(32)13-16-26/h6-7,10-17,20-21,23H,5,8-9,18-19H2,1-4H3. The molecular formula is C31H35ClF2N2O4S. The zero-order valence-corrected chi connectivity index (χ0v) is 25.2. The van der Waals surface area contributed by atoms with Crippen molar-refractivity contribution in [3.8, 4) is 5.75 Å². The molecule has 0 saturated heterocycles. The van der Waals surface area contributed by atoms with Crippen LogP contribution in [0.2, 0.25) is 5.02 Å². The van der Waals surface area contributed by atoms with Gasteiger partial charge in [0.1, 0.15) is 17.4 Å². The number of carbonyl (C=O) groups is 1. The van der Waals surface area contributed by atoms with Crippen molar-refractivity contribution in [2.75, 3.05) is 24.0 Å². The summed E-state index contributed by atoms with van der Waals surface area (Å²) in [6.45, 7) is 8.76. The van der Waals surface area contributed by atoms with Gasteiger partial charge in [0.05, 0.1) is 23.2 Å². The van der Waals surface area contributed by atoms with E-state index in [2.05, 4.69) is 0 Å². The Bertz CT molecular complexity index is 1480. The molecule has 3 rings (SSSR count). The molecule has 1 atom stereocenters. The summed E-state index contributed by atoms with van der Waals surface area (Å²) < 4.78 is 64.0. The Morgan fingerprint density at radius 1 is 1.02 bits per heavy atom. The minimum Gasteiger partial charge on any atom is -0.493 e. The van der Waals surface area contributed by atoms with Gasteiger partial charge < -0.3 is 9.64 Å². The van der Waals surface area contributed by atoms with Gasteiger partial charge in [-0.2, -0.15) is 0 Å². The second kappa shape index (κ2) is 14.5. The molecule has 6 nitrogen and oxygen atoms in total. The maximum atomic E-state index is 15.1. The maximum Gasteiger partial charge on any atom is 0.264 e. The number of para-hydroxylation sites is 1. The number of likely N-dealkylation sites (N-methyl/N-ethyl adjacent to an activating group) is 1. The van der Waals surface area contributed by atoms with Crippen LogP contribution in [-0.2, 0) is 14.8 Å². The predicted octanol–water partition coefficient (Wildman–Crippen LogP) is 7.55. The number of hydrogen-bond acceptors (Lipinski definition) is 4. The first kappa shape index (κ1) is 32.1. The lowest BCUT2D eigenvalue weighted by molar-refractivity contribution is -0.126. The van der Waals surface area contributed by atoms with E-state index in [1.54, 1.807) is 42.2 Å². The summed E-state index contributed by atoms with van der Waals surface area (Å²) in [6.07, 6.45) is 2.97. The maximum absolute atomic E-state index is 15.1. The van der Waals surface area contributed by atoms with Crippen molar-refractivity contribution in [2.45, 2.75) is 51.5 Å². The Kier molecular flexibility index (Phi) is 11.3. The van der Waals surface area contributed by atoms with Crippen LogP contribution in [0.15, 0.2) is 83.3 Å². The predicted molar refractivity (Wildman–Crippen MR) is 159 cm³/mol. The van der Waals surface area contributed by atoms with Crippen LogP contribution in [-0.4, -0.2) is 38.9 Å². The molecular weight excluding hydrogens is 570 g/mol. The van der Waals surface area contributed by atoms with E-state index in [1.807, 2.05) is 20.8 Å². The fourth-order valence-electron chi connectivity index (χ4n) is 4.35. The van der Waals surface area contributed by atoms with Crippen molar-refractivity contribution in [3.05, 3.63) is 101 Å². The van der Waals surface area contributed by atoms with Crippen LogP contribution in [0.5, 0.6) is 5.75 Å². The van der Waals surface area contributed by atoms with Gasteiger partial charge in [0.2, 0.25) is 5.91 Å². The van der Waals surface area contributed by atoms with Gasteiger partial charge in [-0.05, 0) is 83.0 Å². The Labute approximate surface area is 246 Å². The molecule has 0 aromatic heterocycles. The number of carbonyl (C=O) groups excluding carboxylic acids is 1. The van der Waals surface area contributed by atoms with Gasteiger partial charge in [-0.25, -0.2) is 17.2 Å². The first-order valence-electron chi connectivity index (χ1n) is 13.4. The average molecular weight is 605 g/mol. The molecule has 0 fully saturated rings. The van der Waals surface area contributed by atoms with Gasteiger partial charge in [-0.15, -0.1) is 0 Å². The number of anilines is 1. The third kappa shape index (κ3) is 8.30. The summed E-state index contributed by atoms with van der Waals surface area (Å²) >= 11 is 5.96. The molecule has 0 radical (unpaired) electrons. The number of hydrogen-bond donors (Lipinski definition) is 0. The summed E-state index contributed by atoms with van der Waals surface area (Å²) in [5, 5.41) is 0.336. The second-order valence-corrected chi connectivity index (χ2v) is 12.0. The molecule has 220 valence electrons. The largest absolute Gasteiger partial charge is 0.493 e. The number of rotatable bonds is 13. The monoisotopic (exact) mass is 604 g/mol. The SMILES string of the molecule is CCN(CCCCOc1ccccc1C(C)N(c1cc(F)ccc1F)S(=O)(=O)c1ccc(Cl)cc1)C(=O)C=C(C)C. The van der Waals surface area contributed by atoms with Gasteiger partial charge in [-0.1, -0.05) is 35.4 Å². The highest BCUT2D eigenvalue weighted by Crippen LogP contribution is 2.38. The van der Waals surface area contributed by atoms with Crippen LogP contribution >= 0.6 is 11.6 Å². The summed E-state index contributed by atoms with van der Waals surface area (Å²) in [7, 11) is -4.36. The summed E-state index contributed by atoms with van der Waals surface area (Å²) in [5.41, 5.74) is 0.985. The van der Waals surface area contributed by atoms with Crippen LogP contribution in [0, 0.1) is 11.6 Å². The third-order valence-corrected chi connectivity index (χ3v) is 8.57. The Balaban J connectivity index is 1.86. The number of amides is 1. The van der Waals surface area contributed by atoms with Crippen LogP contribution in [0.3, 0.4) is 0 Å². The number of benzene rings is 3. The minimum atomic E-state index is -4.36. The lowest BCUT2D eigenvalue weighted by Crippen LogP contribution is -2.34. The van der Waals surface area contributed by atoms with Crippen molar-refractivity contribution < 1.29 is 26.7 Å². The lowest BCUT2D eigenvalue weighted by atomic mass is 10.1. The molecule has 10 heteroatoms. The van der Waals surface area contributed by atoms with E-state index < -0.39 is 33.4 Å². The first-order chi connectivity index (χ1) is 19.4. The fourth-order valence-corrected chi connectivity index (χ4v) is 6.12. The van der Waals surface area contributed by atoms with Crippen molar-refractivity contribution in [1.29, 1.82) is 0 Å².